The third-order valence-corrected chi connectivity index (χ3v) is 3.34. The second-order valence-corrected chi connectivity index (χ2v) is 5.11. The van der Waals surface area contributed by atoms with Crippen LogP contribution in [0.4, 0.5) is 0 Å². The number of fused-ring (bicyclic) bond motifs is 1. The fourth-order valence-electron chi connectivity index (χ4n) is 2.60. The molecular weight excluding hydrogens is 248 g/mol. The molecule has 0 saturated carbocycles. The quantitative estimate of drug-likeness (QED) is 0.792. The smallest absolute Gasteiger partial charge is 0.164 e. The molecule has 0 radical (unpaired) electrons. The van der Waals surface area contributed by atoms with E-state index in [-0.39, 0.29) is 0 Å². The van der Waals surface area contributed by atoms with Crippen molar-refractivity contribution in [3.05, 3.63) is 53.6 Å². The molecular formula is C16H18N4. The van der Waals surface area contributed by atoms with Gasteiger partial charge in [0.05, 0.1) is 0 Å². The number of nitrogens with two attached hydrogens (primary N) is 1. The van der Waals surface area contributed by atoms with Crippen molar-refractivity contribution in [3.63, 3.8) is 0 Å². The van der Waals surface area contributed by atoms with Crippen LogP contribution < -0.4 is 5.73 Å². The van der Waals surface area contributed by atoms with Crippen LogP contribution in [0.1, 0.15) is 17.0 Å². The number of benzene rings is 1. The highest BCUT2D eigenvalue weighted by Gasteiger charge is 2.13. The van der Waals surface area contributed by atoms with Gasteiger partial charge in [0.2, 0.25) is 0 Å². The van der Waals surface area contributed by atoms with Gasteiger partial charge in [-0.2, -0.15) is 0 Å². The Morgan fingerprint density at radius 3 is 2.60 bits per heavy atom. The van der Waals surface area contributed by atoms with Crippen molar-refractivity contribution >= 4 is 5.65 Å². The Balaban J connectivity index is 2.25. The van der Waals surface area contributed by atoms with Gasteiger partial charge in [0.15, 0.2) is 5.65 Å². The van der Waals surface area contributed by atoms with E-state index >= 15 is 0 Å². The summed E-state index contributed by atoms with van der Waals surface area (Å²) in [5, 5.41) is 0. The molecule has 4 nitrogen and oxygen atoms in total. The van der Waals surface area contributed by atoms with E-state index in [1.54, 1.807) is 6.20 Å². The summed E-state index contributed by atoms with van der Waals surface area (Å²) >= 11 is 0. The van der Waals surface area contributed by atoms with Crippen molar-refractivity contribution in [2.75, 3.05) is 6.54 Å². The molecule has 0 atom stereocenters. The Morgan fingerprint density at radius 2 is 1.90 bits per heavy atom. The molecule has 1 aromatic carbocycles. The molecule has 0 saturated heterocycles. The summed E-state index contributed by atoms with van der Waals surface area (Å²) in [7, 11) is 0. The van der Waals surface area contributed by atoms with Crippen LogP contribution >= 0.6 is 0 Å². The van der Waals surface area contributed by atoms with Crippen LogP contribution in [0.25, 0.3) is 16.9 Å². The summed E-state index contributed by atoms with van der Waals surface area (Å²) in [6.45, 7) is 4.78. The van der Waals surface area contributed by atoms with E-state index in [4.69, 9.17) is 10.7 Å². The fraction of sp³-hybridized carbons (Fsp3) is 0.250. The predicted octanol–water partition coefficient (Wildman–Crippen LogP) is 2.51. The van der Waals surface area contributed by atoms with Crippen LogP contribution in [0.3, 0.4) is 0 Å². The normalized spacial score (nSPS) is 11.2. The molecule has 3 rings (SSSR count). The van der Waals surface area contributed by atoms with Crippen LogP contribution in [0.2, 0.25) is 0 Å². The number of rotatable bonds is 3. The molecule has 0 amide bonds. The van der Waals surface area contributed by atoms with Gasteiger partial charge in [-0.3, -0.25) is 4.40 Å². The first kappa shape index (κ1) is 12.8. The zero-order chi connectivity index (χ0) is 14.1. The van der Waals surface area contributed by atoms with Gasteiger partial charge >= 0.3 is 0 Å². The van der Waals surface area contributed by atoms with Crippen molar-refractivity contribution in [2.24, 2.45) is 5.73 Å². The van der Waals surface area contributed by atoms with Gasteiger partial charge in [-0.15, -0.1) is 0 Å². The number of aromatic nitrogens is 3. The summed E-state index contributed by atoms with van der Waals surface area (Å²) in [5.41, 5.74) is 11.1. The zero-order valence-corrected chi connectivity index (χ0v) is 11.8. The van der Waals surface area contributed by atoms with Crippen molar-refractivity contribution in [1.29, 1.82) is 0 Å². The van der Waals surface area contributed by atoms with Gasteiger partial charge < -0.3 is 5.73 Å². The standard InChI is InChI=1S/C16H18N4/c1-11-8-12(2)10-13(9-11)15-16-18-6-3-7-20(16)14(19-15)4-5-17/h3,6-10H,4-5,17H2,1-2H3. The minimum atomic E-state index is 0.584. The number of hydrogen-bond donors (Lipinski definition) is 1. The molecule has 3 aromatic rings. The maximum absolute atomic E-state index is 5.67. The first-order valence-electron chi connectivity index (χ1n) is 6.79. The molecule has 0 unspecified atom stereocenters. The van der Waals surface area contributed by atoms with E-state index < -0.39 is 0 Å². The fourth-order valence-corrected chi connectivity index (χ4v) is 2.60. The third-order valence-electron chi connectivity index (χ3n) is 3.34. The topological polar surface area (TPSA) is 56.2 Å². The largest absolute Gasteiger partial charge is 0.330 e. The van der Waals surface area contributed by atoms with Gasteiger partial charge in [-0.05, 0) is 38.6 Å². The van der Waals surface area contributed by atoms with Crippen LogP contribution in [-0.2, 0) is 6.42 Å². The summed E-state index contributed by atoms with van der Waals surface area (Å²) in [5.74, 6) is 0.963. The molecule has 0 spiro atoms. The van der Waals surface area contributed by atoms with Gasteiger partial charge in [-0.25, -0.2) is 9.97 Å². The second-order valence-electron chi connectivity index (χ2n) is 5.11. The van der Waals surface area contributed by atoms with Crippen LogP contribution in [0.15, 0.2) is 36.7 Å². The van der Waals surface area contributed by atoms with E-state index in [9.17, 15) is 0 Å². The van der Waals surface area contributed by atoms with E-state index in [2.05, 4.69) is 37.0 Å². The maximum Gasteiger partial charge on any atom is 0.164 e. The average molecular weight is 266 g/mol. The highest BCUT2D eigenvalue weighted by atomic mass is 15.1. The van der Waals surface area contributed by atoms with E-state index in [0.29, 0.717) is 6.54 Å². The zero-order valence-electron chi connectivity index (χ0n) is 11.8. The molecule has 20 heavy (non-hydrogen) atoms. The molecule has 2 aromatic heterocycles. The maximum atomic E-state index is 5.67. The number of imidazole rings is 1. The van der Waals surface area contributed by atoms with Gasteiger partial charge in [0.1, 0.15) is 11.5 Å². The Morgan fingerprint density at radius 1 is 1.15 bits per heavy atom. The first-order valence-corrected chi connectivity index (χ1v) is 6.79. The molecule has 0 aliphatic carbocycles. The number of hydrogen-bond acceptors (Lipinski definition) is 3. The average Bonchev–Trinajstić information content (AvgIpc) is 2.78. The van der Waals surface area contributed by atoms with Crippen LogP contribution in [0, 0.1) is 13.8 Å². The van der Waals surface area contributed by atoms with E-state index in [1.165, 1.54) is 11.1 Å². The van der Waals surface area contributed by atoms with Crippen molar-refractivity contribution in [3.8, 4) is 11.3 Å². The lowest BCUT2D eigenvalue weighted by Crippen LogP contribution is -2.06. The summed E-state index contributed by atoms with van der Waals surface area (Å²) in [4.78, 5) is 9.23. The molecule has 2 N–H and O–H groups in total. The lowest BCUT2D eigenvalue weighted by Gasteiger charge is -2.02. The molecule has 102 valence electrons. The Labute approximate surface area is 118 Å². The molecule has 0 aliphatic rings. The number of nitrogens with zero attached hydrogens (tertiary/aromatic N) is 3. The van der Waals surface area contributed by atoms with E-state index in [0.717, 1.165) is 29.1 Å². The van der Waals surface area contributed by atoms with Crippen LogP contribution in [0.5, 0.6) is 0 Å². The summed E-state index contributed by atoms with van der Waals surface area (Å²) < 4.78 is 2.03. The Hall–Kier alpha value is -2.20. The van der Waals surface area contributed by atoms with Gasteiger partial charge in [0.25, 0.3) is 0 Å². The molecule has 2 heterocycles. The highest BCUT2D eigenvalue weighted by molar-refractivity contribution is 5.75. The number of aryl methyl sites for hydroxylation is 2. The Bertz CT molecular complexity index is 738. The van der Waals surface area contributed by atoms with Crippen molar-refractivity contribution in [1.82, 2.24) is 14.4 Å². The molecule has 0 fully saturated rings. The lowest BCUT2D eigenvalue weighted by atomic mass is 10.1. The Kier molecular flexibility index (Phi) is 3.24. The molecule has 4 heteroatoms. The monoisotopic (exact) mass is 266 g/mol. The van der Waals surface area contributed by atoms with E-state index in [1.807, 2.05) is 16.7 Å². The van der Waals surface area contributed by atoms with Crippen molar-refractivity contribution in [2.45, 2.75) is 20.3 Å². The van der Waals surface area contributed by atoms with Gasteiger partial charge in [0, 0.05) is 24.4 Å². The lowest BCUT2D eigenvalue weighted by molar-refractivity contribution is 0.859. The minimum Gasteiger partial charge on any atom is -0.330 e. The predicted molar refractivity (Wildman–Crippen MR) is 80.7 cm³/mol. The highest BCUT2D eigenvalue weighted by Crippen LogP contribution is 2.25. The first-order chi connectivity index (χ1) is 9.69. The third kappa shape index (κ3) is 2.18. The summed E-state index contributed by atoms with van der Waals surface area (Å²) in [6, 6.07) is 8.38. The van der Waals surface area contributed by atoms with Crippen LogP contribution in [-0.4, -0.2) is 20.9 Å². The van der Waals surface area contributed by atoms with Crippen molar-refractivity contribution < 1.29 is 0 Å². The SMILES string of the molecule is Cc1cc(C)cc(-c2nc(CCN)n3cccnc23)c1. The molecule has 0 bridgehead atoms. The van der Waals surface area contributed by atoms with Gasteiger partial charge in [-0.1, -0.05) is 17.2 Å². The summed E-state index contributed by atoms with van der Waals surface area (Å²) in [6.07, 6.45) is 4.54. The minimum absolute atomic E-state index is 0.584. The molecule has 0 aliphatic heterocycles. The second kappa shape index (κ2) is 5.06.